The summed E-state index contributed by atoms with van der Waals surface area (Å²) in [6, 6.07) is 9.63. The van der Waals surface area contributed by atoms with Crippen molar-refractivity contribution in [3.63, 3.8) is 0 Å². The summed E-state index contributed by atoms with van der Waals surface area (Å²) >= 11 is 0. The maximum Gasteiger partial charge on any atom is 0.351 e. The Morgan fingerprint density at radius 2 is 1.96 bits per heavy atom. The normalized spacial score (nSPS) is 27.3. The minimum atomic E-state index is -1.20. The summed E-state index contributed by atoms with van der Waals surface area (Å²) in [6.07, 6.45) is -1.76. The van der Waals surface area contributed by atoms with Gasteiger partial charge in [-0.15, -0.1) is 0 Å². The smallest absolute Gasteiger partial charge is 0.351 e. The van der Waals surface area contributed by atoms with Gasteiger partial charge in [-0.05, 0) is 12.5 Å². The standard InChI is InChI=1S/C16H19N3O4/c1-9-12(20)13(21)15(23-9)19-8-11(14(17)18-16(19)22)7-10-5-3-2-4-6-10/h2-6,8-9,12-13,15,20-21H,7H2,1H3,(H2,17,18,22)/t9-,12-,13-,15-/m1/s1. The van der Waals surface area contributed by atoms with Gasteiger partial charge in [-0.1, -0.05) is 30.3 Å². The average molecular weight is 317 g/mol. The van der Waals surface area contributed by atoms with E-state index >= 15 is 0 Å². The fraction of sp³-hybridized carbons (Fsp3) is 0.375. The lowest BCUT2D eigenvalue weighted by Gasteiger charge is -2.18. The molecular formula is C16H19N3O4. The number of anilines is 1. The van der Waals surface area contributed by atoms with E-state index in [-0.39, 0.29) is 5.82 Å². The Morgan fingerprint density at radius 1 is 1.26 bits per heavy atom. The molecule has 4 atom stereocenters. The van der Waals surface area contributed by atoms with Crippen LogP contribution in [0.4, 0.5) is 5.82 Å². The van der Waals surface area contributed by atoms with Gasteiger partial charge in [0.25, 0.3) is 0 Å². The fourth-order valence-corrected chi connectivity index (χ4v) is 2.71. The van der Waals surface area contributed by atoms with Gasteiger partial charge in [0.1, 0.15) is 18.0 Å². The van der Waals surface area contributed by atoms with Crippen molar-refractivity contribution in [3.05, 3.63) is 58.1 Å². The van der Waals surface area contributed by atoms with Crippen molar-refractivity contribution in [1.29, 1.82) is 0 Å². The van der Waals surface area contributed by atoms with Crippen LogP contribution in [0, 0.1) is 0 Å². The van der Waals surface area contributed by atoms with Crippen molar-refractivity contribution in [3.8, 4) is 0 Å². The van der Waals surface area contributed by atoms with E-state index in [0.717, 1.165) is 5.56 Å². The Labute approximate surface area is 133 Å². The van der Waals surface area contributed by atoms with E-state index in [2.05, 4.69) is 4.98 Å². The zero-order chi connectivity index (χ0) is 16.6. The quantitative estimate of drug-likeness (QED) is 0.738. The minimum absolute atomic E-state index is 0.149. The summed E-state index contributed by atoms with van der Waals surface area (Å²) in [5.41, 5.74) is 6.90. The maximum absolute atomic E-state index is 12.1. The largest absolute Gasteiger partial charge is 0.388 e. The molecule has 7 nitrogen and oxygen atoms in total. The Balaban J connectivity index is 1.96. The van der Waals surface area contributed by atoms with E-state index in [1.54, 1.807) is 6.92 Å². The van der Waals surface area contributed by atoms with Crippen molar-refractivity contribution in [2.24, 2.45) is 0 Å². The first-order chi connectivity index (χ1) is 11.0. The molecule has 1 aromatic heterocycles. The molecule has 0 amide bonds. The highest BCUT2D eigenvalue weighted by molar-refractivity contribution is 5.40. The molecule has 1 aliphatic rings. The number of benzene rings is 1. The van der Waals surface area contributed by atoms with Crippen LogP contribution in [0.3, 0.4) is 0 Å². The van der Waals surface area contributed by atoms with E-state index in [4.69, 9.17) is 10.5 Å². The van der Waals surface area contributed by atoms with Crippen LogP contribution in [0.2, 0.25) is 0 Å². The molecule has 1 fully saturated rings. The summed E-state index contributed by atoms with van der Waals surface area (Å²) in [6.45, 7) is 1.63. The van der Waals surface area contributed by atoms with E-state index in [9.17, 15) is 15.0 Å². The molecule has 0 saturated carbocycles. The van der Waals surface area contributed by atoms with E-state index < -0.39 is 30.2 Å². The molecule has 0 aliphatic carbocycles. The molecule has 4 N–H and O–H groups in total. The summed E-state index contributed by atoms with van der Waals surface area (Å²) in [5.74, 6) is 0.149. The van der Waals surface area contributed by atoms with Crippen LogP contribution in [0.1, 0.15) is 24.3 Å². The highest BCUT2D eigenvalue weighted by atomic mass is 16.6. The summed E-state index contributed by atoms with van der Waals surface area (Å²) in [5, 5.41) is 19.9. The molecule has 1 aliphatic heterocycles. The molecule has 7 heteroatoms. The third kappa shape index (κ3) is 2.98. The first-order valence-electron chi connectivity index (χ1n) is 7.40. The van der Waals surface area contributed by atoms with Crippen molar-refractivity contribution >= 4 is 5.82 Å². The molecule has 1 saturated heterocycles. The third-order valence-corrected chi connectivity index (χ3v) is 4.05. The summed E-state index contributed by atoms with van der Waals surface area (Å²) < 4.78 is 6.67. The number of aliphatic hydroxyl groups excluding tert-OH is 2. The number of nitrogens with two attached hydrogens (primary N) is 1. The number of nitrogens with zero attached hydrogens (tertiary/aromatic N) is 2. The van der Waals surface area contributed by atoms with Crippen LogP contribution < -0.4 is 11.4 Å². The molecule has 0 spiro atoms. The van der Waals surface area contributed by atoms with Gasteiger partial charge in [0.05, 0.1) is 6.10 Å². The topological polar surface area (TPSA) is 111 Å². The summed E-state index contributed by atoms with van der Waals surface area (Å²) in [4.78, 5) is 15.9. The average Bonchev–Trinajstić information content (AvgIpc) is 2.78. The van der Waals surface area contributed by atoms with Crippen molar-refractivity contribution in [2.75, 3.05) is 5.73 Å². The lowest BCUT2D eigenvalue weighted by atomic mass is 10.1. The minimum Gasteiger partial charge on any atom is -0.388 e. The molecule has 0 radical (unpaired) electrons. The highest BCUT2D eigenvalue weighted by Gasteiger charge is 2.41. The zero-order valence-corrected chi connectivity index (χ0v) is 12.7. The van der Waals surface area contributed by atoms with Crippen LogP contribution in [-0.2, 0) is 11.2 Å². The van der Waals surface area contributed by atoms with Crippen molar-refractivity contribution < 1.29 is 14.9 Å². The molecule has 122 valence electrons. The number of nitrogen functional groups attached to an aromatic ring is 1. The number of rotatable bonds is 3. The molecule has 0 unspecified atom stereocenters. The number of hydrogen-bond acceptors (Lipinski definition) is 6. The van der Waals surface area contributed by atoms with Crippen LogP contribution >= 0.6 is 0 Å². The van der Waals surface area contributed by atoms with Gasteiger partial charge in [0.2, 0.25) is 0 Å². The second-order valence-corrected chi connectivity index (χ2v) is 5.72. The Hall–Kier alpha value is -2.22. The van der Waals surface area contributed by atoms with Gasteiger partial charge in [-0.2, -0.15) is 4.98 Å². The maximum atomic E-state index is 12.1. The van der Waals surface area contributed by atoms with E-state index in [1.165, 1.54) is 10.8 Å². The molecule has 1 aromatic carbocycles. The predicted octanol–water partition coefficient (Wildman–Crippen LogP) is 0.0554. The lowest BCUT2D eigenvalue weighted by molar-refractivity contribution is -0.0351. The van der Waals surface area contributed by atoms with Crippen LogP contribution in [-0.4, -0.2) is 38.1 Å². The number of aliphatic hydroxyl groups is 2. The highest BCUT2D eigenvalue weighted by Crippen LogP contribution is 2.28. The monoisotopic (exact) mass is 317 g/mol. The SMILES string of the molecule is C[C@H]1O[C@@H](n2cc(Cc3ccccc3)c(N)nc2=O)[C@H](O)[C@@H]1O. The van der Waals surface area contributed by atoms with Gasteiger partial charge < -0.3 is 20.7 Å². The lowest BCUT2D eigenvalue weighted by Crippen LogP contribution is -2.36. The Morgan fingerprint density at radius 3 is 2.57 bits per heavy atom. The van der Waals surface area contributed by atoms with Gasteiger partial charge >= 0.3 is 5.69 Å². The first-order valence-corrected chi connectivity index (χ1v) is 7.40. The second kappa shape index (κ2) is 6.11. The predicted molar refractivity (Wildman–Crippen MR) is 83.8 cm³/mol. The van der Waals surface area contributed by atoms with Crippen LogP contribution in [0.15, 0.2) is 41.3 Å². The molecule has 3 rings (SSSR count). The Kier molecular flexibility index (Phi) is 4.16. The van der Waals surface area contributed by atoms with E-state index in [1.807, 2.05) is 30.3 Å². The second-order valence-electron chi connectivity index (χ2n) is 5.72. The zero-order valence-electron chi connectivity index (χ0n) is 12.7. The third-order valence-electron chi connectivity index (χ3n) is 4.05. The molecular weight excluding hydrogens is 298 g/mol. The molecule has 2 aromatic rings. The molecule has 0 bridgehead atoms. The van der Waals surface area contributed by atoms with Crippen molar-refractivity contribution in [1.82, 2.24) is 9.55 Å². The van der Waals surface area contributed by atoms with Crippen molar-refractivity contribution in [2.45, 2.75) is 37.9 Å². The molecule has 2 heterocycles. The first kappa shape index (κ1) is 15.7. The number of hydrogen-bond donors (Lipinski definition) is 3. The summed E-state index contributed by atoms with van der Waals surface area (Å²) in [7, 11) is 0. The molecule has 23 heavy (non-hydrogen) atoms. The van der Waals surface area contributed by atoms with Gasteiger partial charge in [-0.3, -0.25) is 4.57 Å². The Bertz CT molecular complexity index is 747. The fourth-order valence-electron chi connectivity index (χ4n) is 2.71. The number of aromatic nitrogens is 2. The van der Waals surface area contributed by atoms with E-state index in [0.29, 0.717) is 12.0 Å². The van der Waals surface area contributed by atoms with Crippen LogP contribution in [0.5, 0.6) is 0 Å². The van der Waals surface area contributed by atoms with Crippen LogP contribution in [0.25, 0.3) is 0 Å². The van der Waals surface area contributed by atoms with Gasteiger partial charge in [-0.25, -0.2) is 4.79 Å². The number of ether oxygens (including phenoxy) is 1. The van der Waals surface area contributed by atoms with Gasteiger partial charge in [0, 0.05) is 18.2 Å². The van der Waals surface area contributed by atoms with Gasteiger partial charge in [0.15, 0.2) is 6.23 Å².